The lowest BCUT2D eigenvalue weighted by Crippen LogP contribution is -2.05. The van der Waals surface area contributed by atoms with Crippen molar-refractivity contribution < 1.29 is 14.8 Å². The maximum absolute atomic E-state index is 11.3. The first-order chi connectivity index (χ1) is 10.9. The van der Waals surface area contributed by atoms with Crippen molar-refractivity contribution in [2.24, 2.45) is 0 Å². The molecule has 0 saturated carbocycles. The zero-order valence-corrected chi connectivity index (χ0v) is 12.8. The summed E-state index contributed by atoms with van der Waals surface area (Å²) in [4.78, 5) is 25.9. The van der Waals surface area contributed by atoms with Crippen LogP contribution in [0, 0.1) is 10.1 Å². The lowest BCUT2D eigenvalue weighted by molar-refractivity contribution is -0.384. The van der Waals surface area contributed by atoms with Gasteiger partial charge < -0.3 is 10.4 Å². The standard InChI is InChI=1S/C16H17N3O4/c1-10(20)7-12-3-5-14(6-4-12)18-16-15(19(22)23)8-13(9-17-16)11(2)21/h3-6,8-10,20H,7H2,1-2H3,(H,17,18). The van der Waals surface area contributed by atoms with Crippen molar-refractivity contribution in [1.29, 1.82) is 0 Å². The van der Waals surface area contributed by atoms with Gasteiger partial charge in [-0.2, -0.15) is 0 Å². The van der Waals surface area contributed by atoms with E-state index in [1.807, 2.05) is 12.1 Å². The van der Waals surface area contributed by atoms with Gasteiger partial charge in [-0.1, -0.05) is 12.1 Å². The second-order valence-corrected chi connectivity index (χ2v) is 5.28. The molecule has 7 heteroatoms. The highest BCUT2D eigenvalue weighted by Crippen LogP contribution is 2.26. The normalized spacial score (nSPS) is 11.8. The number of carbonyl (C=O) groups excluding carboxylic acids is 1. The van der Waals surface area contributed by atoms with Crippen molar-refractivity contribution in [2.75, 3.05) is 5.32 Å². The Labute approximate surface area is 133 Å². The van der Waals surface area contributed by atoms with Crippen LogP contribution in [0.5, 0.6) is 0 Å². The van der Waals surface area contributed by atoms with Gasteiger partial charge in [0, 0.05) is 23.5 Å². The van der Waals surface area contributed by atoms with Crippen LogP contribution >= 0.6 is 0 Å². The fourth-order valence-corrected chi connectivity index (χ4v) is 2.08. The number of nitrogens with zero attached hydrogens (tertiary/aromatic N) is 2. The number of nitrogens with one attached hydrogen (secondary N) is 1. The molecule has 0 saturated heterocycles. The molecule has 0 radical (unpaired) electrons. The summed E-state index contributed by atoms with van der Waals surface area (Å²) >= 11 is 0. The number of hydrogen-bond acceptors (Lipinski definition) is 6. The predicted molar refractivity (Wildman–Crippen MR) is 86.0 cm³/mol. The van der Waals surface area contributed by atoms with Gasteiger partial charge in [-0.05, 0) is 38.0 Å². The van der Waals surface area contributed by atoms with Gasteiger partial charge in [-0.3, -0.25) is 14.9 Å². The SMILES string of the molecule is CC(=O)c1cnc(Nc2ccc(CC(C)O)cc2)c([N+](=O)[O-])c1. The van der Waals surface area contributed by atoms with Crippen molar-refractivity contribution in [3.8, 4) is 0 Å². The average molecular weight is 315 g/mol. The molecule has 0 amide bonds. The van der Waals surface area contributed by atoms with Crippen LogP contribution < -0.4 is 5.32 Å². The van der Waals surface area contributed by atoms with Crippen LogP contribution in [0.2, 0.25) is 0 Å². The molecule has 0 aliphatic heterocycles. The number of pyridine rings is 1. The second-order valence-electron chi connectivity index (χ2n) is 5.28. The largest absolute Gasteiger partial charge is 0.393 e. The molecule has 2 aromatic rings. The third-order valence-electron chi connectivity index (χ3n) is 3.22. The Hall–Kier alpha value is -2.80. The quantitative estimate of drug-likeness (QED) is 0.482. The third kappa shape index (κ3) is 4.33. The van der Waals surface area contributed by atoms with Gasteiger partial charge in [0.1, 0.15) is 0 Å². The van der Waals surface area contributed by atoms with Crippen LogP contribution in [-0.2, 0) is 6.42 Å². The van der Waals surface area contributed by atoms with Crippen LogP contribution in [-0.4, -0.2) is 26.9 Å². The highest BCUT2D eigenvalue weighted by molar-refractivity contribution is 5.95. The fraction of sp³-hybridized carbons (Fsp3) is 0.250. The molecule has 1 atom stereocenters. The summed E-state index contributed by atoms with van der Waals surface area (Å²) < 4.78 is 0. The number of anilines is 2. The smallest absolute Gasteiger partial charge is 0.312 e. The maximum Gasteiger partial charge on any atom is 0.312 e. The van der Waals surface area contributed by atoms with E-state index in [0.29, 0.717) is 12.1 Å². The number of ketones is 1. The molecular weight excluding hydrogens is 298 g/mol. The Morgan fingerprint density at radius 3 is 2.57 bits per heavy atom. The zero-order chi connectivity index (χ0) is 17.0. The fourth-order valence-electron chi connectivity index (χ4n) is 2.08. The van der Waals surface area contributed by atoms with E-state index >= 15 is 0 Å². The molecule has 0 bridgehead atoms. The summed E-state index contributed by atoms with van der Waals surface area (Å²) in [6, 6.07) is 8.36. The zero-order valence-electron chi connectivity index (χ0n) is 12.8. The van der Waals surface area contributed by atoms with E-state index < -0.39 is 11.0 Å². The lowest BCUT2D eigenvalue weighted by atomic mass is 10.1. The number of nitro groups is 1. The van der Waals surface area contributed by atoms with Gasteiger partial charge in [-0.15, -0.1) is 0 Å². The molecular formula is C16H17N3O4. The number of carbonyl (C=O) groups is 1. The molecule has 23 heavy (non-hydrogen) atoms. The van der Waals surface area contributed by atoms with Gasteiger partial charge in [0.05, 0.1) is 11.0 Å². The molecule has 0 fully saturated rings. The van der Waals surface area contributed by atoms with Crippen molar-refractivity contribution in [2.45, 2.75) is 26.4 Å². The minimum Gasteiger partial charge on any atom is -0.393 e. The number of benzene rings is 1. The van der Waals surface area contributed by atoms with E-state index in [-0.39, 0.29) is 22.9 Å². The average Bonchev–Trinajstić information content (AvgIpc) is 2.48. The van der Waals surface area contributed by atoms with E-state index in [1.54, 1.807) is 19.1 Å². The molecule has 2 N–H and O–H groups in total. The highest BCUT2D eigenvalue weighted by Gasteiger charge is 2.18. The molecule has 1 unspecified atom stereocenters. The van der Waals surface area contributed by atoms with Crippen molar-refractivity contribution in [3.05, 3.63) is 57.8 Å². The van der Waals surface area contributed by atoms with Crippen molar-refractivity contribution in [1.82, 2.24) is 4.98 Å². The maximum atomic E-state index is 11.3. The first kappa shape index (κ1) is 16.6. The summed E-state index contributed by atoms with van der Waals surface area (Å²) in [5, 5.41) is 23.4. The summed E-state index contributed by atoms with van der Waals surface area (Å²) in [7, 11) is 0. The minimum atomic E-state index is -0.580. The summed E-state index contributed by atoms with van der Waals surface area (Å²) in [5.74, 6) is -0.210. The van der Waals surface area contributed by atoms with Crippen molar-refractivity contribution >= 4 is 23.0 Å². The van der Waals surface area contributed by atoms with Crippen LogP contribution in [0.3, 0.4) is 0 Å². The van der Waals surface area contributed by atoms with Gasteiger partial charge in [0.2, 0.25) is 5.82 Å². The van der Waals surface area contributed by atoms with Gasteiger partial charge >= 0.3 is 5.69 Å². The number of aromatic nitrogens is 1. The number of aliphatic hydroxyl groups is 1. The third-order valence-corrected chi connectivity index (χ3v) is 3.22. The molecule has 1 heterocycles. The van der Waals surface area contributed by atoms with Crippen LogP contribution in [0.25, 0.3) is 0 Å². The van der Waals surface area contributed by atoms with E-state index in [1.165, 1.54) is 19.2 Å². The Balaban J connectivity index is 2.25. The highest BCUT2D eigenvalue weighted by atomic mass is 16.6. The summed E-state index contributed by atoms with van der Waals surface area (Å²) in [5.41, 5.74) is 1.52. The number of aliphatic hydroxyl groups excluding tert-OH is 1. The first-order valence-corrected chi connectivity index (χ1v) is 7.06. The summed E-state index contributed by atoms with van der Waals surface area (Å²) in [6.07, 6.45) is 1.40. The molecule has 1 aromatic heterocycles. The predicted octanol–water partition coefficient (Wildman–Crippen LogP) is 2.86. The van der Waals surface area contributed by atoms with Gasteiger partial charge in [0.15, 0.2) is 5.78 Å². The second kappa shape index (κ2) is 6.97. The molecule has 7 nitrogen and oxygen atoms in total. The lowest BCUT2D eigenvalue weighted by Gasteiger charge is -2.09. The number of hydrogen-bond donors (Lipinski definition) is 2. The van der Waals surface area contributed by atoms with E-state index in [9.17, 15) is 20.0 Å². The van der Waals surface area contributed by atoms with Crippen LogP contribution in [0.15, 0.2) is 36.5 Å². The Kier molecular flexibility index (Phi) is 5.02. The monoisotopic (exact) mass is 315 g/mol. The van der Waals surface area contributed by atoms with Gasteiger partial charge in [-0.25, -0.2) is 4.98 Å². The van der Waals surface area contributed by atoms with E-state index in [0.717, 1.165) is 5.56 Å². The Bertz CT molecular complexity index is 727. The van der Waals surface area contributed by atoms with Crippen LogP contribution in [0.4, 0.5) is 17.2 Å². The first-order valence-electron chi connectivity index (χ1n) is 7.06. The molecule has 2 rings (SSSR count). The van der Waals surface area contributed by atoms with E-state index in [2.05, 4.69) is 10.3 Å². The summed E-state index contributed by atoms with van der Waals surface area (Å²) in [6.45, 7) is 3.03. The van der Waals surface area contributed by atoms with Gasteiger partial charge in [0.25, 0.3) is 0 Å². The van der Waals surface area contributed by atoms with E-state index in [4.69, 9.17) is 0 Å². The van der Waals surface area contributed by atoms with Crippen LogP contribution in [0.1, 0.15) is 29.8 Å². The Morgan fingerprint density at radius 2 is 2.04 bits per heavy atom. The minimum absolute atomic E-state index is 0.0725. The topological polar surface area (TPSA) is 105 Å². The van der Waals surface area contributed by atoms with Crippen molar-refractivity contribution in [3.63, 3.8) is 0 Å². The molecule has 1 aromatic carbocycles. The molecule has 0 aliphatic rings. The molecule has 120 valence electrons. The Morgan fingerprint density at radius 1 is 1.39 bits per heavy atom. The number of rotatable bonds is 6. The number of Topliss-reactive ketones (excluding diaryl/α,β-unsaturated/α-hetero) is 1. The molecule has 0 aliphatic carbocycles. The molecule has 0 spiro atoms.